The number of benzene rings is 1. The molecule has 112 valence electrons. The van der Waals surface area contributed by atoms with E-state index in [1.165, 1.54) is 5.56 Å². The van der Waals surface area contributed by atoms with Crippen LogP contribution in [0, 0.1) is 20.8 Å². The molecule has 1 unspecified atom stereocenters. The SMILES string of the molecule is COc1ccc(C)cc1C(N)CSc1nc(C)cc(C)n1. The van der Waals surface area contributed by atoms with E-state index in [4.69, 9.17) is 10.5 Å². The lowest BCUT2D eigenvalue weighted by Gasteiger charge is -2.16. The van der Waals surface area contributed by atoms with E-state index in [1.54, 1.807) is 18.9 Å². The van der Waals surface area contributed by atoms with Crippen molar-refractivity contribution in [2.75, 3.05) is 12.9 Å². The molecule has 1 aromatic carbocycles. The van der Waals surface area contributed by atoms with Crippen LogP contribution in [0.25, 0.3) is 0 Å². The predicted octanol–water partition coefficient (Wildman–Crippen LogP) is 3.20. The summed E-state index contributed by atoms with van der Waals surface area (Å²) in [5, 5.41) is 0.773. The number of hydrogen-bond donors (Lipinski definition) is 1. The van der Waals surface area contributed by atoms with Gasteiger partial charge in [-0.05, 0) is 32.9 Å². The van der Waals surface area contributed by atoms with Crippen molar-refractivity contribution in [3.8, 4) is 5.75 Å². The third-order valence-electron chi connectivity index (χ3n) is 3.14. The summed E-state index contributed by atoms with van der Waals surface area (Å²) in [6, 6.07) is 7.91. The van der Waals surface area contributed by atoms with E-state index >= 15 is 0 Å². The van der Waals surface area contributed by atoms with Crippen LogP contribution in [0.3, 0.4) is 0 Å². The molecule has 0 aliphatic carbocycles. The average molecular weight is 303 g/mol. The number of rotatable bonds is 5. The maximum Gasteiger partial charge on any atom is 0.188 e. The number of nitrogens with zero attached hydrogens (tertiary/aromatic N) is 2. The van der Waals surface area contributed by atoms with E-state index in [1.807, 2.05) is 32.0 Å². The summed E-state index contributed by atoms with van der Waals surface area (Å²) in [6.45, 7) is 6.00. The van der Waals surface area contributed by atoms with E-state index < -0.39 is 0 Å². The summed E-state index contributed by atoms with van der Waals surface area (Å²) >= 11 is 1.57. The average Bonchev–Trinajstić information content (AvgIpc) is 2.43. The van der Waals surface area contributed by atoms with Gasteiger partial charge in [-0.3, -0.25) is 0 Å². The Balaban J connectivity index is 2.11. The second kappa shape index (κ2) is 6.91. The number of aromatic nitrogens is 2. The van der Waals surface area contributed by atoms with Crippen molar-refractivity contribution in [3.63, 3.8) is 0 Å². The monoisotopic (exact) mass is 303 g/mol. The van der Waals surface area contributed by atoms with E-state index in [9.17, 15) is 0 Å². The molecule has 4 nitrogen and oxygen atoms in total. The summed E-state index contributed by atoms with van der Waals surface area (Å²) < 4.78 is 5.39. The first-order valence-corrected chi connectivity index (χ1v) is 7.83. The minimum Gasteiger partial charge on any atom is -0.496 e. The summed E-state index contributed by atoms with van der Waals surface area (Å²) in [7, 11) is 1.67. The van der Waals surface area contributed by atoms with Crippen molar-refractivity contribution < 1.29 is 4.74 Å². The fraction of sp³-hybridized carbons (Fsp3) is 0.375. The van der Waals surface area contributed by atoms with Gasteiger partial charge < -0.3 is 10.5 Å². The molecule has 0 amide bonds. The van der Waals surface area contributed by atoms with Gasteiger partial charge in [0, 0.05) is 28.7 Å². The highest BCUT2D eigenvalue weighted by Crippen LogP contribution is 2.28. The van der Waals surface area contributed by atoms with E-state index in [-0.39, 0.29) is 6.04 Å². The standard InChI is InChI=1S/C16H21N3OS/c1-10-5-6-15(20-4)13(7-10)14(17)9-21-16-18-11(2)8-12(3)19-16/h5-8,14H,9,17H2,1-4H3. The molecule has 5 heteroatoms. The Hall–Kier alpha value is -1.59. The molecule has 2 N–H and O–H groups in total. The van der Waals surface area contributed by atoms with Crippen LogP contribution < -0.4 is 10.5 Å². The van der Waals surface area contributed by atoms with Gasteiger partial charge in [0.15, 0.2) is 5.16 Å². The van der Waals surface area contributed by atoms with E-state index in [0.717, 1.165) is 27.9 Å². The molecule has 1 atom stereocenters. The third kappa shape index (κ3) is 4.19. The molecule has 0 spiro atoms. The largest absolute Gasteiger partial charge is 0.496 e. The molecular formula is C16H21N3OS. The number of methoxy groups -OCH3 is 1. The molecule has 21 heavy (non-hydrogen) atoms. The molecule has 2 rings (SSSR count). The van der Waals surface area contributed by atoms with Crippen LogP contribution in [-0.4, -0.2) is 22.8 Å². The van der Waals surface area contributed by atoms with Gasteiger partial charge in [0.05, 0.1) is 7.11 Å². The molecule has 0 radical (unpaired) electrons. The van der Waals surface area contributed by atoms with Gasteiger partial charge in [0.2, 0.25) is 0 Å². The van der Waals surface area contributed by atoms with E-state index in [0.29, 0.717) is 5.75 Å². The van der Waals surface area contributed by atoms with Crippen molar-refractivity contribution >= 4 is 11.8 Å². The first-order valence-electron chi connectivity index (χ1n) is 6.85. The number of nitrogens with two attached hydrogens (primary N) is 1. The summed E-state index contributed by atoms with van der Waals surface area (Å²) in [5.41, 5.74) is 10.5. The van der Waals surface area contributed by atoms with Gasteiger partial charge in [0.1, 0.15) is 5.75 Å². The Labute approximate surface area is 130 Å². The molecular weight excluding hydrogens is 282 g/mol. The highest BCUT2D eigenvalue weighted by Gasteiger charge is 2.13. The number of ether oxygens (including phenoxy) is 1. The molecule has 2 aromatic rings. The van der Waals surface area contributed by atoms with Gasteiger partial charge in [-0.2, -0.15) is 0 Å². The van der Waals surface area contributed by atoms with Crippen molar-refractivity contribution in [1.82, 2.24) is 9.97 Å². The highest BCUT2D eigenvalue weighted by molar-refractivity contribution is 7.99. The second-order valence-electron chi connectivity index (χ2n) is 5.10. The summed E-state index contributed by atoms with van der Waals surface area (Å²) in [5.74, 6) is 1.54. The Morgan fingerprint density at radius 3 is 2.43 bits per heavy atom. The Morgan fingerprint density at radius 1 is 1.14 bits per heavy atom. The van der Waals surface area contributed by atoms with Crippen LogP contribution in [0.15, 0.2) is 29.4 Å². The summed E-state index contributed by atoms with van der Waals surface area (Å²) in [6.07, 6.45) is 0. The zero-order chi connectivity index (χ0) is 15.4. The predicted molar refractivity (Wildman–Crippen MR) is 86.9 cm³/mol. The molecule has 0 bridgehead atoms. The topological polar surface area (TPSA) is 61.0 Å². The highest BCUT2D eigenvalue weighted by atomic mass is 32.2. The first kappa shape index (κ1) is 15.8. The lowest BCUT2D eigenvalue weighted by Crippen LogP contribution is -2.14. The Bertz CT molecular complexity index is 611. The van der Waals surface area contributed by atoms with Crippen LogP contribution >= 0.6 is 11.8 Å². The second-order valence-corrected chi connectivity index (χ2v) is 6.08. The fourth-order valence-corrected chi connectivity index (χ4v) is 3.08. The molecule has 1 aromatic heterocycles. The third-order valence-corrected chi connectivity index (χ3v) is 4.10. The maximum atomic E-state index is 6.31. The van der Waals surface area contributed by atoms with Crippen molar-refractivity contribution in [1.29, 1.82) is 0 Å². The summed E-state index contributed by atoms with van der Waals surface area (Å²) in [4.78, 5) is 8.85. The fourth-order valence-electron chi connectivity index (χ4n) is 2.16. The number of thioether (sulfide) groups is 1. The molecule has 0 saturated heterocycles. The molecule has 0 aliphatic rings. The normalized spacial score (nSPS) is 12.2. The molecule has 0 saturated carbocycles. The lowest BCUT2D eigenvalue weighted by atomic mass is 10.1. The Morgan fingerprint density at radius 2 is 1.81 bits per heavy atom. The zero-order valence-corrected chi connectivity index (χ0v) is 13.7. The first-order chi connectivity index (χ1) is 9.99. The zero-order valence-electron chi connectivity index (χ0n) is 12.9. The molecule has 1 heterocycles. The van der Waals surface area contributed by atoms with Gasteiger partial charge in [-0.25, -0.2) is 9.97 Å². The van der Waals surface area contributed by atoms with Crippen LogP contribution in [0.4, 0.5) is 0 Å². The van der Waals surface area contributed by atoms with Crippen molar-refractivity contribution in [3.05, 3.63) is 46.8 Å². The van der Waals surface area contributed by atoms with Crippen LogP contribution in [-0.2, 0) is 0 Å². The molecule has 0 aliphatic heterocycles. The van der Waals surface area contributed by atoms with Gasteiger partial charge >= 0.3 is 0 Å². The smallest absolute Gasteiger partial charge is 0.188 e. The number of aryl methyl sites for hydroxylation is 3. The van der Waals surface area contributed by atoms with Crippen molar-refractivity contribution in [2.45, 2.75) is 32.0 Å². The van der Waals surface area contributed by atoms with Gasteiger partial charge in [0.25, 0.3) is 0 Å². The molecule has 0 fully saturated rings. The Kier molecular flexibility index (Phi) is 5.20. The van der Waals surface area contributed by atoms with Crippen LogP contribution in [0.2, 0.25) is 0 Å². The minimum absolute atomic E-state index is 0.116. The minimum atomic E-state index is -0.116. The van der Waals surface area contributed by atoms with Crippen LogP contribution in [0.5, 0.6) is 5.75 Å². The number of hydrogen-bond acceptors (Lipinski definition) is 5. The quantitative estimate of drug-likeness (QED) is 0.679. The van der Waals surface area contributed by atoms with Gasteiger partial charge in [-0.1, -0.05) is 29.5 Å². The van der Waals surface area contributed by atoms with Crippen LogP contribution in [0.1, 0.15) is 28.6 Å². The lowest BCUT2D eigenvalue weighted by molar-refractivity contribution is 0.407. The van der Waals surface area contributed by atoms with Crippen molar-refractivity contribution in [2.24, 2.45) is 5.73 Å². The van der Waals surface area contributed by atoms with Gasteiger partial charge in [-0.15, -0.1) is 0 Å². The maximum absolute atomic E-state index is 6.31. The van der Waals surface area contributed by atoms with E-state index in [2.05, 4.69) is 23.0 Å².